The fourth-order valence-electron chi connectivity index (χ4n) is 1.31. The Hall–Kier alpha value is -1.63. The van der Waals surface area contributed by atoms with Gasteiger partial charge >= 0.3 is 0 Å². The first-order valence-electron chi connectivity index (χ1n) is 5.29. The van der Waals surface area contributed by atoms with Crippen molar-refractivity contribution in [3.05, 3.63) is 18.0 Å². The second-order valence-corrected chi connectivity index (χ2v) is 3.29. The molecule has 0 atom stereocenters. The molecule has 0 saturated carbocycles. The van der Waals surface area contributed by atoms with Gasteiger partial charge in [-0.1, -0.05) is 13.3 Å². The van der Waals surface area contributed by atoms with E-state index in [4.69, 9.17) is 5.26 Å². The summed E-state index contributed by atoms with van der Waals surface area (Å²) in [5.41, 5.74) is 0.426. The van der Waals surface area contributed by atoms with E-state index in [1.54, 1.807) is 12.3 Å². The van der Waals surface area contributed by atoms with Crippen LogP contribution in [0.15, 0.2) is 12.3 Å². The van der Waals surface area contributed by atoms with Gasteiger partial charge in [-0.2, -0.15) is 5.26 Å². The molecule has 80 valence electrons. The number of hydrogen-bond acceptors (Lipinski definition) is 4. The minimum Gasteiger partial charge on any atom is -0.341 e. The highest BCUT2D eigenvalue weighted by molar-refractivity contribution is 5.33. The van der Waals surface area contributed by atoms with E-state index in [0.29, 0.717) is 11.6 Å². The van der Waals surface area contributed by atoms with Crippen molar-refractivity contribution >= 4 is 5.95 Å². The summed E-state index contributed by atoms with van der Waals surface area (Å²) in [5.74, 6) is 0.657. The molecule has 0 unspecified atom stereocenters. The summed E-state index contributed by atoms with van der Waals surface area (Å²) in [7, 11) is 0. The maximum Gasteiger partial charge on any atom is 0.226 e. The predicted octanol–water partition coefficient (Wildman–Crippen LogP) is 1.97. The highest BCUT2D eigenvalue weighted by atomic mass is 15.2. The molecule has 0 aliphatic rings. The molecule has 0 spiro atoms. The van der Waals surface area contributed by atoms with Crippen molar-refractivity contribution in [1.29, 1.82) is 5.26 Å². The van der Waals surface area contributed by atoms with Gasteiger partial charge in [0, 0.05) is 19.3 Å². The maximum atomic E-state index is 8.73. The van der Waals surface area contributed by atoms with Gasteiger partial charge in [-0.3, -0.25) is 0 Å². The molecule has 1 aromatic heterocycles. The van der Waals surface area contributed by atoms with Crippen molar-refractivity contribution in [2.45, 2.75) is 26.7 Å². The molecule has 1 rings (SSSR count). The Kier molecular flexibility index (Phi) is 4.55. The molecule has 15 heavy (non-hydrogen) atoms. The van der Waals surface area contributed by atoms with Crippen molar-refractivity contribution < 1.29 is 0 Å². The summed E-state index contributed by atoms with van der Waals surface area (Å²) in [5, 5.41) is 8.73. The largest absolute Gasteiger partial charge is 0.341 e. The lowest BCUT2D eigenvalue weighted by atomic mass is 10.3. The topological polar surface area (TPSA) is 52.8 Å². The van der Waals surface area contributed by atoms with E-state index >= 15 is 0 Å². The Morgan fingerprint density at radius 3 is 2.87 bits per heavy atom. The zero-order valence-electron chi connectivity index (χ0n) is 9.27. The molecule has 0 fully saturated rings. The van der Waals surface area contributed by atoms with Gasteiger partial charge in [0.2, 0.25) is 5.95 Å². The molecule has 0 aliphatic heterocycles. The summed E-state index contributed by atoms with van der Waals surface area (Å²) in [4.78, 5) is 10.4. The molecule has 1 heterocycles. The van der Waals surface area contributed by atoms with Crippen LogP contribution in [-0.2, 0) is 0 Å². The molecular formula is C11H16N4. The number of rotatable bonds is 5. The van der Waals surface area contributed by atoms with E-state index in [1.165, 1.54) is 0 Å². The lowest BCUT2D eigenvalue weighted by Crippen LogP contribution is -2.26. The van der Waals surface area contributed by atoms with Gasteiger partial charge in [0.25, 0.3) is 0 Å². The first-order valence-corrected chi connectivity index (χ1v) is 5.29. The first-order chi connectivity index (χ1) is 7.31. The quantitative estimate of drug-likeness (QED) is 0.735. The minimum atomic E-state index is 0.426. The number of anilines is 1. The van der Waals surface area contributed by atoms with E-state index in [9.17, 15) is 0 Å². The van der Waals surface area contributed by atoms with Crippen LogP contribution in [0.4, 0.5) is 5.95 Å². The lowest BCUT2D eigenvalue weighted by Gasteiger charge is -2.19. The third-order valence-electron chi connectivity index (χ3n) is 2.20. The molecule has 4 nitrogen and oxygen atoms in total. The highest BCUT2D eigenvalue weighted by Crippen LogP contribution is 2.08. The summed E-state index contributed by atoms with van der Waals surface area (Å²) in [6.45, 7) is 6.04. The summed E-state index contributed by atoms with van der Waals surface area (Å²) in [6, 6.07) is 3.65. The van der Waals surface area contributed by atoms with Crippen molar-refractivity contribution in [2.24, 2.45) is 0 Å². The average molecular weight is 204 g/mol. The number of nitriles is 1. The Morgan fingerprint density at radius 1 is 1.47 bits per heavy atom. The molecular weight excluding hydrogens is 188 g/mol. The van der Waals surface area contributed by atoms with Crippen molar-refractivity contribution in [1.82, 2.24) is 9.97 Å². The standard InChI is InChI=1S/C11H16N4/c1-3-5-8-15(4-2)11-13-7-6-10(9-12)14-11/h6-7H,3-5,8H2,1-2H3. The number of unbranched alkanes of at least 4 members (excludes halogenated alkanes) is 1. The second kappa shape index (κ2) is 5.97. The molecule has 0 aromatic carbocycles. The van der Waals surface area contributed by atoms with Crippen LogP contribution in [0.5, 0.6) is 0 Å². The van der Waals surface area contributed by atoms with Gasteiger partial charge in [0.1, 0.15) is 11.8 Å². The van der Waals surface area contributed by atoms with E-state index in [-0.39, 0.29) is 0 Å². The normalized spacial score (nSPS) is 9.67. The van der Waals surface area contributed by atoms with Crippen LogP contribution < -0.4 is 4.90 Å². The average Bonchev–Trinajstić information content (AvgIpc) is 2.30. The van der Waals surface area contributed by atoms with Gasteiger partial charge < -0.3 is 4.90 Å². The molecule has 0 aliphatic carbocycles. The van der Waals surface area contributed by atoms with Crippen LogP contribution in [0, 0.1) is 11.3 Å². The number of hydrogen-bond donors (Lipinski definition) is 0. The van der Waals surface area contributed by atoms with E-state index < -0.39 is 0 Å². The van der Waals surface area contributed by atoms with Gasteiger partial charge in [-0.25, -0.2) is 9.97 Å². The van der Waals surface area contributed by atoms with E-state index in [1.807, 2.05) is 6.07 Å². The van der Waals surface area contributed by atoms with Crippen LogP contribution in [0.1, 0.15) is 32.4 Å². The Morgan fingerprint density at radius 2 is 2.27 bits per heavy atom. The highest BCUT2D eigenvalue weighted by Gasteiger charge is 2.06. The van der Waals surface area contributed by atoms with Crippen LogP contribution in [0.25, 0.3) is 0 Å². The first kappa shape index (κ1) is 11.4. The third kappa shape index (κ3) is 3.21. The number of nitrogens with zero attached hydrogens (tertiary/aromatic N) is 4. The molecule has 1 aromatic rings. The fraction of sp³-hybridized carbons (Fsp3) is 0.545. The van der Waals surface area contributed by atoms with Gasteiger partial charge in [0.05, 0.1) is 0 Å². The molecule has 0 radical (unpaired) electrons. The van der Waals surface area contributed by atoms with Crippen LogP contribution in [0.2, 0.25) is 0 Å². The smallest absolute Gasteiger partial charge is 0.226 e. The summed E-state index contributed by atoms with van der Waals surface area (Å²) < 4.78 is 0. The SMILES string of the molecule is CCCCN(CC)c1nccc(C#N)n1. The Balaban J connectivity index is 2.78. The zero-order valence-corrected chi connectivity index (χ0v) is 9.27. The predicted molar refractivity (Wildman–Crippen MR) is 59.5 cm³/mol. The van der Waals surface area contributed by atoms with E-state index in [0.717, 1.165) is 25.9 Å². The van der Waals surface area contributed by atoms with Gasteiger partial charge in [0.15, 0.2) is 0 Å². The monoisotopic (exact) mass is 204 g/mol. The molecule has 0 N–H and O–H groups in total. The molecule has 0 saturated heterocycles. The molecule has 0 amide bonds. The Bertz CT molecular complexity index is 343. The van der Waals surface area contributed by atoms with Gasteiger partial charge in [-0.05, 0) is 19.4 Å². The van der Waals surface area contributed by atoms with Crippen LogP contribution >= 0.6 is 0 Å². The number of aromatic nitrogens is 2. The second-order valence-electron chi connectivity index (χ2n) is 3.29. The van der Waals surface area contributed by atoms with Crippen molar-refractivity contribution in [3.63, 3.8) is 0 Å². The summed E-state index contributed by atoms with van der Waals surface area (Å²) >= 11 is 0. The third-order valence-corrected chi connectivity index (χ3v) is 2.20. The van der Waals surface area contributed by atoms with Crippen LogP contribution in [-0.4, -0.2) is 23.1 Å². The van der Waals surface area contributed by atoms with E-state index in [2.05, 4.69) is 28.7 Å². The molecule has 4 heteroatoms. The Labute approximate surface area is 90.6 Å². The fourth-order valence-corrected chi connectivity index (χ4v) is 1.31. The zero-order chi connectivity index (χ0) is 11.1. The molecule has 0 bridgehead atoms. The van der Waals surface area contributed by atoms with Crippen molar-refractivity contribution in [3.8, 4) is 6.07 Å². The van der Waals surface area contributed by atoms with Gasteiger partial charge in [-0.15, -0.1) is 0 Å². The summed E-state index contributed by atoms with van der Waals surface area (Å²) in [6.07, 6.45) is 3.90. The van der Waals surface area contributed by atoms with Crippen molar-refractivity contribution in [2.75, 3.05) is 18.0 Å². The minimum absolute atomic E-state index is 0.426. The lowest BCUT2D eigenvalue weighted by molar-refractivity contribution is 0.713. The van der Waals surface area contributed by atoms with Crippen LogP contribution in [0.3, 0.4) is 0 Å². The maximum absolute atomic E-state index is 8.73.